The maximum Gasteiger partial charge on any atom is 0.273 e. The molecule has 20 heavy (non-hydrogen) atoms. The average Bonchev–Trinajstić information content (AvgIpc) is 2.53. The van der Waals surface area contributed by atoms with E-state index in [4.69, 9.17) is 9.47 Å². The zero-order valence-corrected chi connectivity index (χ0v) is 11.7. The monoisotopic (exact) mass is 276 g/mol. The second kappa shape index (κ2) is 5.79. The summed E-state index contributed by atoms with van der Waals surface area (Å²) in [5.74, 6) is 0.654. The van der Waals surface area contributed by atoms with Crippen LogP contribution in [0.4, 0.5) is 0 Å². The van der Waals surface area contributed by atoms with E-state index in [0.29, 0.717) is 24.6 Å². The van der Waals surface area contributed by atoms with Crippen molar-refractivity contribution in [2.75, 3.05) is 20.3 Å². The summed E-state index contributed by atoms with van der Waals surface area (Å²) in [6.07, 6.45) is 6.26. The van der Waals surface area contributed by atoms with Gasteiger partial charge in [-0.25, -0.2) is 0 Å². The summed E-state index contributed by atoms with van der Waals surface area (Å²) < 4.78 is 11.0. The number of hydrogen-bond donors (Lipinski definition) is 0. The second-order valence-corrected chi connectivity index (χ2v) is 5.34. The molecule has 0 radical (unpaired) electrons. The number of fused-ring (bicyclic) bond motifs is 1. The first-order chi connectivity index (χ1) is 9.79. The van der Waals surface area contributed by atoms with Crippen molar-refractivity contribution in [3.8, 4) is 5.75 Å². The van der Waals surface area contributed by atoms with Crippen LogP contribution in [0, 0.1) is 0 Å². The maximum atomic E-state index is 12.7. The minimum absolute atomic E-state index is 0.0101. The highest BCUT2D eigenvalue weighted by Gasteiger charge is 2.37. The van der Waals surface area contributed by atoms with Crippen LogP contribution < -0.4 is 4.74 Å². The van der Waals surface area contributed by atoms with Crippen LogP contribution in [-0.2, 0) is 4.74 Å². The third-order valence-corrected chi connectivity index (χ3v) is 4.18. The lowest BCUT2D eigenvalue weighted by Crippen LogP contribution is -2.54. The Morgan fingerprint density at radius 3 is 3.15 bits per heavy atom. The fourth-order valence-electron chi connectivity index (χ4n) is 3.15. The molecule has 1 aliphatic heterocycles. The number of morpholine rings is 1. The van der Waals surface area contributed by atoms with E-state index in [1.54, 1.807) is 25.4 Å². The molecule has 1 aromatic rings. The van der Waals surface area contributed by atoms with Gasteiger partial charge in [0.1, 0.15) is 11.4 Å². The number of carbonyl (C=O) groups excluding carboxylic acids is 1. The lowest BCUT2D eigenvalue weighted by molar-refractivity contribution is -0.0754. The molecule has 108 valence electrons. The van der Waals surface area contributed by atoms with Gasteiger partial charge in [0.05, 0.1) is 25.9 Å². The van der Waals surface area contributed by atoms with Crippen molar-refractivity contribution in [2.24, 2.45) is 0 Å². The summed E-state index contributed by atoms with van der Waals surface area (Å²) in [5, 5.41) is 0. The van der Waals surface area contributed by atoms with E-state index in [1.807, 2.05) is 4.90 Å². The van der Waals surface area contributed by atoms with Crippen molar-refractivity contribution in [2.45, 2.75) is 37.8 Å². The molecule has 3 rings (SSSR count). The van der Waals surface area contributed by atoms with Crippen molar-refractivity contribution in [1.29, 1.82) is 0 Å². The summed E-state index contributed by atoms with van der Waals surface area (Å²) in [5.41, 5.74) is 0.454. The molecule has 5 heteroatoms. The van der Waals surface area contributed by atoms with Gasteiger partial charge in [0.15, 0.2) is 0 Å². The first-order valence-electron chi connectivity index (χ1n) is 7.22. The number of carbonyl (C=O) groups is 1. The van der Waals surface area contributed by atoms with Crippen molar-refractivity contribution >= 4 is 5.91 Å². The molecule has 1 saturated heterocycles. The third kappa shape index (κ3) is 2.50. The molecule has 0 N–H and O–H groups in total. The molecule has 1 aromatic heterocycles. The van der Waals surface area contributed by atoms with Crippen LogP contribution in [0.1, 0.15) is 36.2 Å². The summed E-state index contributed by atoms with van der Waals surface area (Å²) in [6.45, 7) is 1.27. The Bertz CT molecular complexity index is 490. The molecule has 0 unspecified atom stereocenters. The van der Waals surface area contributed by atoms with Crippen molar-refractivity contribution in [3.63, 3.8) is 0 Å². The van der Waals surface area contributed by atoms with Gasteiger partial charge in [0.2, 0.25) is 0 Å². The van der Waals surface area contributed by atoms with Crippen molar-refractivity contribution in [1.82, 2.24) is 9.88 Å². The Balaban J connectivity index is 1.81. The zero-order chi connectivity index (χ0) is 13.9. The van der Waals surface area contributed by atoms with Gasteiger partial charge in [-0.05, 0) is 18.9 Å². The molecular weight excluding hydrogens is 256 g/mol. The average molecular weight is 276 g/mol. The topological polar surface area (TPSA) is 51.7 Å². The van der Waals surface area contributed by atoms with Crippen LogP contribution in [0.15, 0.2) is 18.3 Å². The van der Waals surface area contributed by atoms with E-state index in [0.717, 1.165) is 12.8 Å². The number of rotatable bonds is 2. The predicted octanol–water partition coefficient (Wildman–Crippen LogP) is 1.87. The van der Waals surface area contributed by atoms with E-state index < -0.39 is 0 Å². The SMILES string of the molecule is COc1ccnc(C(=O)N2CCO[C@H]3CCCC[C@H]32)c1. The molecule has 1 amide bonds. The molecule has 1 aliphatic carbocycles. The normalized spacial score (nSPS) is 25.9. The lowest BCUT2D eigenvalue weighted by atomic mass is 9.90. The Labute approximate surface area is 118 Å². The summed E-state index contributed by atoms with van der Waals surface area (Å²) in [7, 11) is 1.59. The molecule has 2 atom stereocenters. The smallest absolute Gasteiger partial charge is 0.273 e. The first kappa shape index (κ1) is 13.4. The number of hydrogen-bond acceptors (Lipinski definition) is 4. The fraction of sp³-hybridized carbons (Fsp3) is 0.600. The molecule has 5 nitrogen and oxygen atoms in total. The Kier molecular flexibility index (Phi) is 3.87. The van der Waals surface area contributed by atoms with Gasteiger partial charge in [-0.15, -0.1) is 0 Å². The molecule has 0 bridgehead atoms. The molecule has 0 spiro atoms. The highest BCUT2D eigenvalue weighted by atomic mass is 16.5. The molecule has 2 aliphatic rings. The summed E-state index contributed by atoms with van der Waals surface area (Å²) in [6, 6.07) is 3.66. The van der Waals surface area contributed by atoms with Crippen LogP contribution >= 0.6 is 0 Å². The summed E-state index contributed by atoms with van der Waals surface area (Å²) in [4.78, 5) is 18.8. The number of ether oxygens (including phenoxy) is 2. The fourth-order valence-corrected chi connectivity index (χ4v) is 3.15. The van der Waals surface area contributed by atoms with E-state index in [9.17, 15) is 4.79 Å². The second-order valence-electron chi connectivity index (χ2n) is 5.34. The number of pyridine rings is 1. The van der Waals surface area contributed by atoms with Gasteiger partial charge in [-0.1, -0.05) is 12.8 Å². The molecular formula is C15H20N2O3. The number of aromatic nitrogens is 1. The van der Waals surface area contributed by atoms with Crippen LogP contribution in [0.2, 0.25) is 0 Å². The Morgan fingerprint density at radius 1 is 1.45 bits per heavy atom. The van der Waals surface area contributed by atoms with Gasteiger partial charge in [0, 0.05) is 18.8 Å². The van der Waals surface area contributed by atoms with Crippen LogP contribution in [0.5, 0.6) is 5.75 Å². The highest BCUT2D eigenvalue weighted by molar-refractivity contribution is 5.93. The van der Waals surface area contributed by atoms with Gasteiger partial charge < -0.3 is 14.4 Å². The highest BCUT2D eigenvalue weighted by Crippen LogP contribution is 2.29. The number of nitrogens with zero attached hydrogens (tertiary/aromatic N) is 2. The quantitative estimate of drug-likeness (QED) is 0.827. The van der Waals surface area contributed by atoms with E-state index >= 15 is 0 Å². The van der Waals surface area contributed by atoms with Crippen LogP contribution in [0.3, 0.4) is 0 Å². The standard InChI is InChI=1S/C15H20N2O3/c1-19-11-6-7-16-12(10-11)15(18)17-8-9-20-14-5-3-2-4-13(14)17/h6-7,10,13-14H,2-5,8-9H2,1H3/t13-,14+/m1/s1. The van der Waals surface area contributed by atoms with E-state index in [1.165, 1.54) is 12.8 Å². The predicted molar refractivity (Wildman–Crippen MR) is 73.8 cm³/mol. The number of amides is 1. The minimum atomic E-state index is -0.0101. The number of methoxy groups -OCH3 is 1. The van der Waals surface area contributed by atoms with E-state index in [-0.39, 0.29) is 18.1 Å². The molecule has 0 aromatic carbocycles. The third-order valence-electron chi connectivity index (χ3n) is 4.18. The van der Waals surface area contributed by atoms with Crippen LogP contribution in [0.25, 0.3) is 0 Å². The zero-order valence-electron chi connectivity index (χ0n) is 11.7. The van der Waals surface area contributed by atoms with Gasteiger partial charge in [-0.3, -0.25) is 9.78 Å². The molecule has 1 saturated carbocycles. The van der Waals surface area contributed by atoms with Crippen molar-refractivity contribution in [3.05, 3.63) is 24.0 Å². The largest absolute Gasteiger partial charge is 0.497 e. The van der Waals surface area contributed by atoms with Gasteiger partial charge >= 0.3 is 0 Å². The Hall–Kier alpha value is -1.62. The first-order valence-corrected chi connectivity index (χ1v) is 7.22. The maximum absolute atomic E-state index is 12.7. The lowest BCUT2D eigenvalue weighted by Gasteiger charge is -2.43. The summed E-state index contributed by atoms with van der Waals surface area (Å²) >= 11 is 0. The molecule has 2 fully saturated rings. The van der Waals surface area contributed by atoms with Crippen molar-refractivity contribution < 1.29 is 14.3 Å². The minimum Gasteiger partial charge on any atom is -0.497 e. The Morgan fingerprint density at radius 2 is 2.30 bits per heavy atom. The molecule has 2 heterocycles. The van der Waals surface area contributed by atoms with Crippen LogP contribution in [-0.4, -0.2) is 48.2 Å². The van der Waals surface area contributed by atoms with Gasteiger partial charge in [0.25, 0.3) is 5.91 Å². The van der Waals surface area contributed by atoms with Gasteiger partial charge in [-0.2, -0.15) is 0 Å². The van der Waals surface area contributed by atoms with E-state index in [2.05, 4.69) is 4.98 Å².